The van der Waals surface area contributed by atoms with Crippen LogP contribution in [-0.2, 0) is 10.0 Å². The van der Waals surface area contributed by atoms with Crippen molar-refractivity contribution in [2.45, 2.75) is 17.9 Å². The van der Waals surface area contributed by atoms with E-state index in [0.717, 1.165) is 6.07 Å². The topological polar surface area (TPSA) is 72.2 Å². The van der Waals surface area contributed by atoms with E-state index in [9.17, 15) is 12.8 Å². The van der Waals surface area contributed by atoms with Crippen molar-refractivity contribution in [2.24, 2.45) is 0 Å². The number of nitrogens with one attached hydrogen (secondary N) is 1. The molecule has 8 heteroatoms. The standard InChI is InChI=1S/C10H11BrClFN2O2S/c1-3-5(2)15-18(16,17)7-4-6(12)8(11)10(14)9(7)13/h3-5,15H,1,14H2,2H3. The minimum atomic E-state index is -4.05. The zero-order valence-electron chi connectivity index (χ0n) is 9.38. The first-order valence-corrected chi connectivity index (χ1v) is 7.44. The molecule has 0 bridgehead atoms. The van der Waals surface area contributed by atoms with Gasteiger partial charge in [-0.05, 0) is 28.9 Å². The summed E-state index contributed by atoms with van der Waals surface area (Å²) in [6.45, 7) is 4.99. The summed E-state index contributed by atoms with van der Waals surface area (Å²) >= 11 is 8.73. The molecule has 0 spiro atoms. The molecule has 0 amide bonds. The van der Waals surface area contributed by atoms with E-state index in [0.29, 0.717) is 0 Å². The van der Waals surface area contributed by atoms with Crippen LogP contribution in [0.5, 0.6) is 0 Å². The maximum Gasteiger partial charge on any atom is 0.244 e. The highest BCUT2D eigenvalue weighted by molar-refractivity contribution is 9.10. The molecular weight excluding hydrogens is 347 g/mol. The predicted octanol–water partition coefficient (Wildman–Crippen LogP) is 2.68. The molecule has 3 N–H and O–H groups in total. The van der Waals surface area contributed by atoms with E-state index in [-0.39, 0.29) is 15.2 Å². The number of anilines is 1. The van der Waals surface area contributed by atoms with Crippen LogP contribution in [0.3, 0.4) is 0 Å². The Labute approximate surface area is 118 Å². The Kier molecular flexibility index (Phi) is 4.77. The largest absolute Gasteiger partial charge is 0.395 e. The minimum absolute atomic E-state index is 0.0144. The van der Waals surface area contributed by atoms with E-state index < -0.39 is 26.8 Å². The van der Waals surface area contributed by atoms with Crippen LogP contribution in [-0.4, -0.2) is 14.5 Å². The zero-order chi connectivity index (χ0) is 14.1. The number of halogens is 3. The third kappa shape index (κ3) is 3.03. The third-order valence-corrected chi connectivity index (χ3v) is 5.08. The Morgan fingerprint density at radius 2 is 2.22 bits per heavy atom. The molecule has 0 saturated heterocycles. The summed E-state index contributed by atoms with van der Waals surface area (Å²) in [5, 5.41) is 0.0144. The van der Waals surface area contributed by atoms with Crippen molar-refractivity contribution in [1.29, 1.82) is 0 Å². The SMILES string of the molecule is C=CC(C)NS(=O)(=O)c1cc(Cl)c(Br)c(N)c1F. The molecule has 0 aliphatic heterocycles. The number of rotatable bonds is 4. The number of hydrogen-bond donors (Lipinski definition) is 2. The summed E-state index contributed by atoms with van der Waals surface area (Å²) in [7, 11) is -4.05. The molecule has 18 heavy (non-hydrogen) atoms. The first-order valence-electron chi connectivity index (χ1n) is 4.78. The van der Waals surface area contributed by atoms with E-state index in [4.69, 9.17) is 17.3 Å². The Morgan fingerprint density at radius 1 is 1.67 bits per heavy atom. The minimum Gasteiger partial charge on any atom is -0.395 e. The molecule has 1 aromatic rings. The van der Waals surface area contributed by atoms with Crippen molar-refractivity contribution in [3.8, 4) is 0 Å². The van der Waals surface area contributed by atoms with Crippen LogP contribution in [0.2, 0.25) is 5.02 Å². The number of benzene rings is 1. The van der Waals surface area contributed by atoms with Crippen LogP contribution >= 0.6 is 27.5 Å². The van der Waals surface area contributed by atoms with Crippen LogP contribution in [0.25, 0.3) is 0 Å². The van der Waals surface area contributed by atoms with Gasteiger partial charge < -0.3 is 5.73 Å². The van der Waals surface area contributed by atoms with Gasteiger partial charge in [0.25, 0.3) is 0 Å². The lowest BCUT2D eigenvalue weighted by Crippen LogP contribution is -2.31. The van der Waals surface area contributed by atoms with Crippen molar-refractivity contribution in [1.82, 2.24) is 4.72 Å². The van der Waals surface area contributed by atoms with Crippen LogP contribution < -0.4 is 10.5 Å². The molecule has 1 rings (SSSR count). The average Bonchev–Trinajstić information content (AvgIpc) is 2.30. The lowest BCUT2D eigenvalue weighted by molar-refractivity contribution is 0.555. The lowest BCUT2D eigenvalue weighted by Gasteiger charge is -2.13. The first kappa shape index (κ1) is 15.4. The fourth-order valence-corrected chi connectivity index (χ4v) is 3.05. The highest BCUT2D eigenvalue weighted by Crippen LogP contribution is 2.34. The molecule has 0 fully saturated rings. The number of nitrogen functional groups attached to an aromatic ring is 1. The van der Waals surface area contributed by atoms with Crippen molar-refractivity contribution < 1.29 is 12.8 Å². The van der Waals surface area contributed by atoms with Gasteiger partial charge in [0, 0.05) is 6.04 Å². The highest BCUT2D eigenvalue weighted by Gasteiger charge is 2.24. The molecule has 4 nitrogen and oxygen atoms in total. The van der Waals surface area contributed by atoms with Gasteiger partial charge in [-0.25, -0.2) is 17.5 Å². The van der Waals surface area contributed by atoms with E-state index in [1.54, 1.807) is 6.92 Å². The highest BCUT2D eigenvalue weighted by atomic mass is 79.9. The quantitative estimate of drug-likeness (QED) is 0.494. The summed E-state index contributed by atoms with van der Waals surface area (Å²) in [6.07, 6.45) is 1.37. The normalized spacial score (nSPS) is 13.3. The van der Waals surface area contributed by atoms with Crippen LogP contribution in [0.15, 0.2) is 28.1 Å². The summed E-state index contributed by atoms with van der Waals surface area (Å²) in [5.41, 5.74) is 5.07. The van der Waals surface area contributed by atoms with Gasteiger partial charge in [0.15, 0.2) is 5.82 Å². The maximum absolute atomic E-state index is 13.8. The van der Waals surface area contributed by atoms with Crippen LogP contribution in [0.1, 0.15) is 6.92 Å². The van der Waals surface area contributed by atoms with Gasteiger partial charge in [0.1, 0.15) is 4.90 Å². The van der Waals surface area contributed by atoms with Gasteiger partial charge in [-0.2, -0.15) is 0 Å². The molecule has 1 atom stereocenters. The van der Waals surface area contributed by atoms with Crippen molar-refractivity contribution in [2.75, 3.05) is 5.73 Å². The Morgan fingerprint density at radius 3 is 2.72 bits per heavy atom. The van der Waals surface area contributed by atoms with Crippen LogP contribution in [0.4, 0.5) is 10.1 Å². The summed E-state index contributed by atoms with van der Waals surface area (Å²) < 4.78 is 40.0. The third-order valence-electron chi connectivity index (χ3n) is 2.14. The van der Waals surface area contributed by atoms with Crippen molar-refractivity contribution in [3.63, 3.8) is 0 Å². The number of hydrogen-bond acceptors (Lipinski definition) is 3. The van der Waals surface area contributed by atoms with Gasteiger partial charge in [0.2, 0.25) is 10.0 Å². The van der Waals surface area contributed by atoms with E-state index in [2.05, 4.69) is 27.2 Å². The lowest BCUT2D eigenvalue weighted by atomic mass is 10.3. The summed E-state index contributed by atoms with van der Waals surface area (Å²) in [5.74, 6) is -1.05. The number of sulfonamides is 1. The predicted molar refractivity (Wildman–Crippen MR) is 73.5 cm³/mol. The Hall–Kier alpha value is -0.630. The smallest absolute Gasteiger partial charge is 0.244 e. The van der Waals surface area contributed by atoms with Crippen LogP contribution in [0, 0.1) is 5.82 Å². The van der Waals surface area contributed by atoms with E-state index in [1.165, 1.54) is 6.08 Å². The second kappa shape index (κ2) is 5.56. The molecule has 1 aromatic carbocycles. The first-order chi connectivity index (χ1) is 8.20. The van der Waals surface area contributed by atoms with Gasteiger partial charge >= 0.3 is 0 Å². The zero-order valence-corrected chi connectivity index (χ0v) is 12.5. The molecule has 100 valence electrons. The van der Waals surface area contributed by atoms with Gasteiger partial charge in [-0.1, -0.05) is 17.7 Å². The van der Waals surface area contributed by atoms with Crippen molar-refractivity contribution in [3.05, 3.63) is 34.0 Å². The molecule has 1 unspecified atom stereocenters. The van der Waals surface area contributed by atoms with Crippen molar-refractivity contribution >= 4 is 43.2 Å². The second-order valence-electron chi connectivity index (χ2n) is 3.54. The average molecular weight is 358 g/mol. The Bertz CT molecular complexity index is 592. The number of nitrogens with two attached hydrogens (primary N) is 1. The molecule has 0 aliphatic rings. The summed E-state index contributed by atoms with van der Waals surface area (Å²) in [4.78, 5) is -0.595. The Balaban J connectivity index is 3.38. The van der Waals surface area contributed by atoms with Gasteiger partial charge in [-0.3, -0.25) is 0 Å². The van der Waals surface area contributed by atoms with E-state index in [1.807, 2.05) is 0 Å². The molecule has 0 aromatic heterocycles. The van der Waals surface area contributed by atoms with Gasteiger partial charge in [0.05, 0.1) is 15.2 Å². The monoisotopic (exact) mass is 356 g/mol. The van der Waals surface area contributed by atoms with E-state index >= 15 is 0 Å². The molecule has 0 aliphatic carbocycles. The van der Waals surface area contributed by atoms with Gasteiger partial charge in [-0.15, -0.1) is 6.58 Å². The molecular formula is C10H11BrClFN2O2S. The fourth-order valence-electron chi connectivity index (χ4n) is 1.15. The fraction of sp³-hybridized carbons (Fsp3) is 0.200. The molecule has 0 heterocycles. The molecule has 0 radical (unpaired) electrons. The summed E-state index contributed by atoms with van der Waals surface area (Å²) in [6, 6.07) is 0.452. The second-order valence-corrected chi connectivity index (χ2v) is 6.43. The molecule has 0 saturated carbocycles. The maximum atomic E-state index is 13.8.